The van der Waals surface area contributed by atoms with Gasteiger partial charge in [-0.1, -0.05) is 5.10 Å². The lowest BCUT2D eigenvalue weighted by atomic mass is 10.2. The van der Waals surface area contributed by atoms with E-state index in [-0.39, 0.29) is 11.9 Å². The molecule has 3 rings (SSSR count). The summed E-state index contributed by atoms with van der Waals surface area (Å²) in [7, 11) is 3.29. The number of carbonyl (C=O) groups is 1. The Balaban J connectivity index is 1.76. The van der Waals surface area contributed by atoms with Gasteiger partial charge in [-0.2, -0.15) is 5.10 Å². The number of nitrogens with one attached hydrogen (secondary N) is 1. The molecule has 2 aromatic heterocycles. The Labute approximate surface area is 132 Å². The molecule has 0 bridgehead atoms. The van der Waals surface area contributed by atoms with Gasteiger partial charge in [0.2, 0.25) is 5.89 Å². The fourth-order valence-corrected chi connectivity index (χ4v) is 2.11. The largest absolute Gasteiger partial charge is 0.497 e. The zero-order valence-electron chi connectivity index (χ0n) is 12.9. The zero-order valence-corrected chi connectivity index (χ0v) is 12.9. The van der Waals surface area contributed by atoms with E-state index in [0.717, 1.165) is 17.0 Å². The molecular formula is C15H15N5O3. The third-order valence-electron chi connectivity index (χ3n) is 3.22. The highest BCUT2D eigenvalue weighted by Crippen LogP contribution is 2.22. The summed E-state index contributed by atoms with van der Waals surface area (Å²) in [5.41, 5.74) is 1.89. The topological polar surface area (TPSA) is 95.1 Å². The summed E-state index contributed by atoms with van der Waals surface area (Å²) in [6.07, 6.45) is 0. The number of benzene rings is 1. The van der Waals surface area contributed by atoms with Crippen molar-refractivity contribution in [2.75, 3.05) is 12.4 Å². The SMILES string of the molecule is COc1ccc(-c2nnc(NC(=O)c3cc(C)nn3C)o2)cc1. The lowest BCUT2D eigenvalue weighted by molar-refractivity contribution is 0.101. The van der Waals surface area contributed by atoms with Crippen LogP contribution in [0.25, 0.3) is 11.5 Å². The van der Waals surface area contributed by atoms with Crippen LogP contribution in [0.2, 0.25) is 0 Å². The quantitative estimate of drug-likeness (QED) is 0.792. The molecule has 23 heavy (non-hydrogen) atoms. The second-order valence-corrected chi connectivity index (χ2v) is 4.89. The summed E-state index contributed by atoms with van der Waals surface area (Å²) < 4.78 is 12.0. The van der Waals surface area contributed by atoms with E-state index in [1.54, 1.807) is 44.5 Å². The van der Waals surface area contributed by atoms with Gasteiger partial charge in [-0.3, -0.25) is 14.8 Å². The van der Waals surface area contributed by atoms with Crippen LogP contribution in [0.3, 0.4) is 0 Å². The molecule has 1 aromatic carbocycles. The second kappa shape index (κ2) is 5.91. The minimum atomic E-state index is -0.363. The van der Waals surface area contributed by atoms with E-state index >= 15 is 0 Å². The molecule has 8 nitrogen and oxygen atoms in total. The standard InChI is InChI=1S/C15H15N5O3/c1-9-8-12(20(2)19-9)13(21)16-15-18-17-14(23-15)10-4-6-11(22-3)7-5-10/h4-8H,1-3H3,(H,16,18,21). The molecule has 0 saturated heterocycles. The van der Waals surface area contributed by atoms with Crippen LogP contribution in [-0.2, 0) is 7.05 Å². The summed E-state index contributed by atoms with van der Waals surface area (Å²) in [6, 6.07) is 8.87. The number of aryl methyl sites for hydroxylation is 2. The Hall–Kier alpha value is -3.16. The molecule has 0 aliphatic carbocycles. The van der Waals surface area contributed by atoms with Crippen molar-refractivity contribution in [1.82, 2.24) is 20.0 Å². The van der Waals surface area contributed by atoms with Crippen LogP contribution in [-0.4, -0.2) is 33.0 Å². The van der Waals surface area contributed by atoms with Crippen LogP contribution in [0.1, 0.15) is 16.2 Å². The highest BCUT2D eigenvalue weighted by molar-refractivity contribution is 6.01. The molecule has 3 aromatic rings. The maximum absolute atomic E-state index is 12.2. The van der Waals surface area contributed by atoms with Crippen molar-refractivity contribution in [2.45, 2.75) is 6.92 Å². The molecule has 2 heterocycles. The first-order valence-corrected chi connectivity index (χ1v) is 6.87. The predicted molar refractivity (Wildman–Crippen MR) is 82.2 cm³/mol. The highest BCUT2D eigenvalue weighted by atomic mass is 16.5. The smallest absolute Gasteiger partial charge is 0.322 e. The monoisotopic (exact) mass is 313 g/mol. The van der Waals surface area contributed by atoms with E-state index in [0.29, 0.717) is 11.6 Å². The fraction of sp³-hybridized carbons (Fsp3) is 0.200. The minimum absolute atomic E-state index is 0.0275. The van der Waals surface area contributed by atoms with Gasteiger partial charge in [0, 0.05) is 12.6 Å². The van der Waals surface area contributed by atoms with Gasteiger partial charge in [0.1, 0.15) is 11.4 Å². The molecule has 0 aliphatic rings. The highest BCUT2D eigenvalue weighted by Gasteiger charge is 2.16. The number of nitrogens with zero attached hydrogens (tertiary/aromatic N) is 4. The van der Waals surface area contributed by atoms with Gasteiger partial charge in [0.05, 0.1) is 12.8 Å². The number of ether oxygens (including phenoxy) is 1. The van der Waals surface area contributed by atoms with Crippen LogP contribution in [0.15, 0.2) is 34.7 Å². The van der Waals surface area contributed by atoms with Gasteiger partial charge in [-0.25, -0.2) is 0 Å². The summed E-state index contributed by atoms with van der Waals surface area (Å²) in [4.78, 5) is 12.2. The number of anilines is 1. The van der Waals surface area contributed by atoms with Crippen molar-refractivity contribution in [3.8, 4) is 17.2 Å². The van der Waals surface area contributed by atoms with Gasteiger partial charge in [0.25, 0.3) is 5.91 Å². The Morgan fingerprint density at radius 3 is 2.61 bits per heavy atom. The maximum Gasteiger partial charge on any atom is 0.322 e. The second-order valence-electron chi connectivity index (χ2n) is 4.89. The minimum Gasteiger partial charge on any atom is -0.497 e. The Morgan fingerprint density at radius 2 is 2.00 bits per heavy atom. The molecule has 118 valence electrons. The molecule has 0 saturated carbocycles. The van der Waals surface area contributed by atoms with Crippen LogP contribution in [0, 0.1) is 6.92 Å². The van der Waals surface area contributed by atoms with E-state index in [4.69, 9.17) is 9.15 Å². The molecule has 0 radical (unpaired) electrons. The number of methoxy groups -OCH3 is 1. The van der Waals surface area contributed by atoms with Gasteiger partial charge < -0.3 is 9.15 Å². The van der Waals surface area contributed by atoms with Crippen LogP contribution >= 0.6 is 0 Å². The molecule has 1 N–H and O–H groups in total. The third-order valence-corrected chi connectivity index (χ3v) is 3.22. The predicted octanol–water partition coefficient (Wildman–Crippen LogP) is 2.04. The van der Waals surface area contributed by atoms with Crippen LogP contribution in [0.4, 0.5) is 6.01 Å². The average molecular weight is 313 g/mol. The first kappa shape index (κ1) is 14.8. The summed E-state index contributed by atoms with van der Waals surface area (Å²) >= 11 is 0. The normalized spacial score (nSPS) is 10.6. The van der Waals surface area contributed by atoms with Crippen molar-refractivity contribution in [3.63, 3.8) is 0 Å². The lowest BCUT2D eigenvalue weighted by Crippen LogP contribution is -2.16. The van der Waals surface area contributed by atoms with Crippen molar-refractivity contribution in [3.05, 3.63) is 41.7 Å². The van der Waals surface area contributed by atoms with Gasteiger partial charge in [-0.15, -0.1) is 5.10 Å². The molecule has 0 unspecified atom stereocenters. The van der Waals surface area contributed by atoms with Gasteiger partial charge in [0.15, 0.2) is 0 Å². The molecule has 0 atom stereocenters. The van der Waals surface area contributed by atoms with Crippen LogP contribution < -0.4 is 10.1 Å². The van der Waals surface area contributed by atoms with Crippen molar-refractivity contribution in [2.24, 2.45) is 7.05 Å². The molecule has 0 fully saturated rings. The molecule has 0 spiro atoms. The van der Waals surface area contributed by atoms with Crippen molar-refractivity contribution < 1.29 is 13.9 Å². The summed E-state index contributed by atoms with van der Waals surface area (Å²) in [6.45, 7) is 1.81. The first-order valence-electron chi connectivity index (χ1n) is 6.87. The Kier molecular flexibility index (Phi) is 3.80. The Morgan fingerprint density at radius 1 is 1.26 bits per heavy atom. The number of amides is 1. The van der Waals surface area contributed by atoms with E-state index in [1.807, 2.05) is 6.92 Å². The van der Waals surface area contributed by atoms with Crippen molar-refractivity contribution in [1.29, 1.82) is 0 Å². The number of hydrogen-bond donors (Lipinski definition) is 1. The van der Waals surface area contributed by atoms with Crippen LogP contribution in [0.5, 0.6) is 5.75 Å². The molecule has 1 amide bonds. The summed E-state index contributed by atoms with van der Waals surface area (Å²) in [5.74, 6) is 0.676. The summed E-state index contributed by atoms with van der Waals surface area (Å²) in [5, 5.41) is 14.4. The number of hydrogen-bond acceptors (Lipinski definition) is 6. The van der Waals surface area contributed by atoms with E-state index in [9.17, 15) is 4.79 Å². The Bertz CT molecular complexity index is 835. The number of carbonyl (C=O) groups excluding carboxylic acids is 1. The zero-order chi connectivity index (χ0) is 16.4. The first-order chi connectivity index (χ1) is 11.1. The van der Waals surface area contributed by atoms with E-state index in [1.165, 1.54) is 4.68 Å². The van der Waals surface area contributed by atoms with Crippen molar-refractivity contribution >= 4 is 11.9 Å². The number of aromatic nitrogens is 4. The van der Waals surface area contributed by atoms with E-state index in [2.05, 4.69) is 20.6 Å². The third kappa shape index (κ3) is 3.05. The maximum atomic E-state index is 12.2. The molecular weight excluding hydrogens is 298 g/mol. The lowest BCUT2D eigenvalue weighted by Gasteiger charge is -2.00. The average Bonchev–Trinajstić information content (AvgIpc) is 3.13. The number of rotatable bonds is 4. The molecule has 8 heteroatoms. The van der Waals surface area contributed by atoms with E-state index < -0.39 is 0 Å². The van der Waals surface area contributed by atoms with Gasteiger partial charge >= 0.3 is 6.01 Å². The van der Waals surface area contributed by atoms with Gasteiger partial charge in [-0.05, 0) is 37.3 Å². The molecule has 0 aliphatic heterocycles. The fourth-order valence-electron chi connectivity index (χ4n) is 2.11.